The van der Waals surface area contributed by atoms with E-state index >= 15 is 0 Å². The maximum atomic E-state index is 5.63. The Hall–Kier alpha value is -0.120. The lowest BCUT2D eigenvalue weighted by Gasteiger charge is -2.16. The Morgan fingerprint density at radius 3 is 1.75 bits per heavy atom. The number of nitrogens with zero attached hydrogens (tertiary/aromatic N) is 2. The molecule has 3 heteroatoms. The van der Waals surface area contributed by atoms with Gasteiger partial charge in [0.25, 0.3) is 0 Å². The molecule has 0 aromatic rings. The second-order valence-corrected chi connectivity index (χ2v) is 2.44. The highest BCUT2D eigenvalue weighted by atomic mass is 15.6. The molecule has 1 aliphatic heterocycles. The number of likely N-dealkylation sites (N-methyl/N-ethyl adjacent to an activating group) is 2. The third-order valence-corrected chi connectivity index (χ3v) is 1.58. The minimum absolute atomic E-state index is 0.352. The van der Waals surface area contributed by atoms with E-state index in [9.17, 15) is 0 Å². The second-order valence-electron chi connectivity index (χ2n) is 2.44. The molecule has 48 valence electrons. The molecule has 0 amide bonds. The molecule has 0 bridgehead atoms. The Morgan fingerprint density at radius 2 is 1.62 bits per heavy atom. The van der Waals surface area contributed by atoms with Gasteiger partial charge in [-0.15, -0.1) is 0 Å². The maximum Gasteiger partial charge on any atom is 0.0325 e. The molecule has 0 radical (unpaired) electrons. The van der Waals surface area contributed by atoms with Crippen LogP contribution in [0.4, 0.5) is 0 Å². The molecule has 0 aromatic carbocycles. The van der Waals surface area contributed by atoms with Crippen molar-refractivity contribution in [1.82, 2.24) is 10.0 Å². The first-order valence-corrected chi connectivity index (χ1v) is 2.88. The van der Waals surface area contributed by atoms with Crippen molar-refractivity contribution < 1.29 is 0 Å². The van der Waals surface area contributed by atoms with Gasteiger partial charge in [-0.2, -0.15) is 0 Å². The molecule has 0 spiro atoms. The summed E-state index contributed by atoms with van der Waals surface area (Å²) >= 11 is 0. The molecule has 0 unspecified atom stereocenters. The Morgan fingerprint density at radius 1 is 1.25 bits per heavy atom. The highest BCUT2D eigenvalue weighted by Gasteiger charge is 2.19. The van der Waals surface area contributed by atoms with Gasteiger partial charge in [-0.05, 0) is 0 Å². The van der Waals surface area contributed by atoms with Crippen molar-refractivity contribution >= 4 is 0 Å². The van der Waals surface area contributed by atoms with Crippen LogP contribution in [0.2, 0.25) is 0 Å². The Kier molecular flexibility index (Phi) is 1.51. The molecule has 0 aliphatic carbocycles. The number of nitrogens with two attached hydrogens (primary N) is 1. The minimum atomic E-state index is 0.352. The predicted octanol–water partition coefficient (Wildman–Crippen LogP) is -0.894. The topological polar surface area (TPSA) is 32.5 Å². The number of rotatable bonds is 0. The number of hydrogen-bond donors (Lipinski definition) is 1. The largest absolute Gasteiger partial charge is 0.325 e. The first-order chi connectivity index (χ1) is 3.70. The highest BCUT2D eigenvalue weighted by molar-refractivity contribution is 4.73. The zero-order valence-corrected chi connectivity index (χ0v) is 5.46. The van der Waals surface area contributed by atoms with Gasteiger partial charge in [0.15, 0.2) is 0 Å². The maximum absolute atomic E-state index is 5.63. The molecule has 1 heterocycles. The van der Waals surface area contributed by atoms with Crippen LogP contribution in [0.3, 0.4) is 0 Å². The summed E-state index contributed by atoms with van der Waals surface area (Å²) in [6.07, 6.45) is 0. The average Bonchev–Trinajstić information content (AvgIpc) is 1.85. The first kappa shape index (κ1) is 6.01. The quantitative estimate of drug-likeness (QED) is 0.444. The average molecular weight is 115 g/mol. The summed E-state index contributed by atoms with van der Waals surface area (Å²) in [5.74, 6) is 0. The van der Waals surface area contributed by atoms with Gasteiger partial charge >= 0.3 is 0 Å². The fourth-order valence-corrected chi connectivity index (χ4v) is 1.02. The lowest BCUT2D eigenvalue weighted by Crippen LogP contribution is -2.28. The Bertz CT molecular complexity index is 73.7. The summed E-state index contributed by atoms with van der Waals surface area (Å²) in [6, 6.07) is 0.352. The molecule has 1 fully saturated rings. The van der Waals surface area contributed by atoms with Crippen molar-refractivity contribution in [2.24, 2.45) is 5.73 Å². The molecule has 0 atom stereocenters. The smallest absolute Gasteiger partial charge is 0.0325 e. The molecular weight excluding hydrogens is 102 g/mol. The van der Waals surface area contributed by atoms with Gasteiger partial charge in [-0.3, -0.25) is 0 Å². The van der Waals surface area contributed by atoms with Crippen LogP contribution in [0.25, 0.3) is 0 Å². The summed E-state index contributed by atoms with van der Waals surface area (Å²) in [5, 5.41) is 4.26. The SMILES string of the molecule is CN1CC(N)CN1C. The number of hydrazine groups is 1. The molecule has 2 N–H and O–H groups in total. The fourth-order valence-electron chi connectivity index (χ4n) is 1.02. The van der Waals surface area contributed by atoms with E-state index in [0.717, 1.165) is 13.1 Å². The summed E-state index contributed by atoms with van der Waals surface area (Å²) in [4.78, 5) is 0. The van der Waals surface area contributed by atoms with E-state index in [2.05, 4.69) is 10.0 Å². The van der Waals surface area contributed by atoms with Crippen LogP contribution >= 0.6 is 0 Å². The van der Waals surface area contributed by atoms with Crippen molar-refractivity contribution in [3.63, 3.8) is 0 Å². The zero-order chi connectivity index (χ0) is 6.15. The van der Waals surface area contributed by atoms with Gasteiger partial charge in [-0.1, -0.05) is 0 Å². The molecule has 3 nitrogen and oxygen atoms in total. The van der Waals surface area contributed by atoms with Crippen LogP contribution in [-0.4, -0.2) is 43.2 Å². The molecule has 8 heavy (non-hydrogen) atoms. The van der Waals surface area contributed by atoms with Crippen LogP contribution in [0, 0.1) is 0 Å². The standard InChI is InChI=1S/C5H13N3/c1-7-3-5(6)4-8(7)2/h5H,3-4,6H2,1-2H3. The van der Waals surface area contributed by atoms with Crippen molar-refractivity contribution in [3.8, 4) is 0 Å². The van der Waals surface area contributed by atoms with Crippen LogP contribution < -0.4 is 5.73 Å². The van der Waals surface area contributed by atoms with Gasteiger partial charge in [0.2, 0.25) is 0 Å². The van der Waals surface area contributed by atoms with E-state index in [1.807, 2.05) is 14.1 Å². The lowest BCUT2D eigenvalue weighted by molar-refractivity contribution is 0.0894. The van der Waals surface area contributed by atoms with Crippen molar-refractivity contribution in [3.05, 3.63) is 0 Å². The first-order valence-electron chi connectivity index (χ1n) is 2.88. The number of hydrogen-bond acceptors (Lipinski definition) is 3. The molecule has 1 aliphatic rings. The summed E-state index contributed by atoms with van der Waals surface area (Å²) in [6.45, 7) is 1.99. The lowest BCUT2D eigenvalue weighted by atomic mass is 10.3. The second kappa shape index (κ2) is 2.01. The van der Waals surface area contributed by atoms with E-state index in [4.69, 9.17) is 5.73 Å². The van der Waals surface area contributed by atoms with E-state index in [-0.39, 0.29) is 0 Å². The summed E-state index contributed by atoms with van der Waals surface area (Å²) in [7, 11) is 4.10. The predicted molar refractivity (Wildman–Crippen MR) is 33.2 cm³/mol. The monoisotopic (exact) mass is 115 g/mol. The van der Waals surface area contributed by atoms with E-state index in [0.29, 0.717) is 6.04 Å². The van der Waals surface area contributed by atoms with Crippen LogP contribution in [0.5, 0.6) is 0 Å². The molecule has 0 aromatic heterocycles. The van der Waals surface area contributed by atoms with Gasteiger partial charge in [0, 0.05) is 33.2 Å². The minimum Gasteiger partial charge on any atom is -0.325 e. The summed E-state index contributed by atoms with van der Waals surface area (Å²) < 4.78 is 0. The molecule has 0 saturated carbocycles. The fraction of sp³-hybridized carbons (Fsp3) is 1.00. The van der Waals surface area contributed by atoms with Crippen molar-refractivity contribution in [2.75, 3.05) is 27.2 Å². The zero-order valence-electron chi connectivity index (χ0n) is 5.46. The third kappa shape index (κ3) is 0.992. The Labute approximate surface area is 50.0 Å². The van der Waals surface area contributed by atoms with E-state index in [1.165, 1.54) is 0 Å². The van der Waals surface area contributed by atoms with Gasteiger partial charge in [-0.25, -0.2) is 10.0 Å². The van der Waals surface area contributed by atoms with Gasteiger partial charge < -0.3 is 5.73 Å². The molecular formula is C5H13N3. The molecule has 1 rings (SSSR count). The van der Waals surface area contributed by atoms with Crippen LogP contribution in [0.15, 0.2) is 0 Å². The van der Waals surface area contributed by atoms with Gasteiger partial charge in [0.05, 0.1) is 0 Å². The van der Waals surface area contributed by atoms with Gasteiger partial charge in [0.1, 0.15) is 0 Å². The van der Waals surface area contributed by atoms with E-state index < -0.39 is 0 Å². The highest BCUT2D eigenvalue weighted by Crippen LogP contribution is 2.01. The Balaban J connectivity index is 2.39. The van der Waals surface area contributed by atoms with Crippen molar-refractivity contribution in [2.45, 2.75) is 6.04 Å². The summed E-state index contributed by atoms with van der Waals surface area (Å²) in [5.41, 5.74) is 5.63. The normalized spacial score (nSPS) is 27.4. The van der Waals surface area contributed by atoms with Crippen LogP contribution in [0.1, 0.15) is 0 Å². The van der Waals surface area contributed by atoms with Crippen molar-refractivity contribution in [1.29, 1.82) is 0 Å². The third-order valence-electron chi connectivity index (χ3n) is 1.58. The van der Waals surface area contributed by atoms with E-state index in [1.54, 1.807) is 0 Å². The molecule has 1 saturated heterocycles. The van der Waals surface area contributed by atoms with Crippen LogP contribution in [-0.2, 0) is 0 Å².